The summed E-state index contributed by atoms with van der Waals surface area (Å²) in [5.41, 5.74) is 1.60. The van der Waals surface area contributed by atoms with Gasteiger partial charge in [-0.05, 0) is 51.1 Å². The number of sulfone groups is 1. The number of unbranched alkanes of at least 4 members (excludes halogenated alkanes) is 1. The number of aromatic nitrogens is 1. The van der Waals surface area contributed by atoms with E-state index in [9.17, 15) is 18.3 Å². The summed E-state index contributed by atoms with van der Waals surface area (Å²) in [5.74, 6) is -0.630. The molecule has 1 amide bonds. The predicted octanol–water partition coefficient (Wildman–Crippen LogP) is 3.16. The lowest BCUT2D eigenvalue weighted by Gasteiger charge is -2.23. The highest BCUT2D eigenvalue weighted by Gasteiger charge is 2.27. The van der Waals surface area contributed by atoms with E-state index in [0.29, 0.717) is 30.0 Å². The molecule has 0 aliphatic heterocycles. The molecule has 0 bridgehead atoms. The van der Waals surface area contributed by atoms with E-state index < -0.39 is 22.0 Å². The summed E-state index contributed by atoms with van der Waals surface area (Å²) in [5, 5.41) is 14.0. The molecule has 3 rings (SSSR count). The second-order valence-electron chi connectivity index (χ2n) is 8.34. The van der Waals surface area contributed by atoms with Crippen molar-refractivity contribution in [3.8, 4) is 0 Å². The Labute approximate surface area is 199 Å². The molecule has 2 aromatic carbocycles. The quantitative estimate of drug-likeness (QED) is 0.379. The Hall–Kier alpha value is -2.33. The Morgan fingerprint density at radius 3 is 2.48 bits per heavy atom. The van der Waals surface area contributed by atoms with Crippen molar-refractivity contribution in [3.63, 3.8) is 0 Å². The third-order valence-electron chi connectivity index (χ3n) is 5.37. The molecule has 0 spiro atoms. The van der Waals surface area contributed by atoms with Crippen molar-refractivity contribution in [2.75, 3.05) is 26.4 Å². The van der Waals surface area contributed by atoms with Crippen molar-refractivity contribution in [3.05, 3.63) is 65.2 Å². The van der Waals surface area contributed by atoms with E-state index in [1.165, 1.54) is 11.3 Å². The number of benzene rings is 2. The molecule has 0 saturated carbocycles. The highest BCUT2D eigenvalue weighted by molar-refractivity contribution is 7.90. The van der Waals surface area contributed by atoms with E-state index in [0.717, 1.165) is 16.6 Å². The molecule has 1 aromatic heterocycles. The normalized spacial score (nSPS) is 13.8. The minimum absolute atomic E-state index is 0.0882. The maximum absolute atomic E-state index is 12.7. The number of thiazole rings is 1. The van der Waals surface area contributed by atoms with Crippen molar-refractivity contribution < 1.29 is 18.3 Å². The van der Waals surface area contributed by atoms with Crippen LogP contribution in [-0.2, 0) is 20.4 Å². The third kappa shape index (κ3) is 7.60. The number of aliphatic hydroxyl groups is 1. The summed E-state index contributed by atoms with van der Waals surface area (Å²) in [7, 11) is -0.0436. The van der Waals surface area contributed by atoms with Gasteiger partial charge in [0.25, 0.3) is 0 Å². The number of fused-ring (bicyclic) bond motifs is 1. The number of aliphatic hydroxyl groups excluding tert-OH is 1. The summed E-state index contributed by atoms with van der Waals surface area (Å²) in [6.07, 6.45) is 1.33. The number of nitrogens with one attached hydrogen (secondary N) is 1. The average Bonchev–Trinajstić information content (AvgIpc) is 3.22. The van der Waals surface area contributed by atoms with Crippen LogP contribution in [0, 0.1) is 0 Å². The minimum Gasteiger partial charge on any atom is -0.386 e. The molecule has 0 saturated heterocycles. The lowest BCUT2D eigenvalue weighted by molar-refractivity contribution is -0.124. The molecule has 2 N–H and O–H groups in total. The number of carbonyl (C=O) groups excluding carboxylic acids is 1. The number of carbonyl (C=O) groups is 1. The fourth-order valence-corrected chi connectivity index (χ4v) is 6.27. The van der Waals surface area contributed by atoms with E-state index in [1.54, 1.807) is 43.3 Å². The van der Waals surface area contributed by atoms with E-state index in [2.05, 4.69) is 10.3 Å². The summed E-state index contributed by atoms with van der Waals surface area (Å²) in [6.45, 7) is 0.425. The Kier molecular flexibility index (Phi) is 8.96. The molecular formula is C24H31N3O4S2. The SMILES string of the molecule is CN(C)C(CS(=O)(=O)Cc1ccccc1)C(=O)NCCCC[C@@H](O)c1nc2ccccc2s1. The van der Waals surface area contributed by atoms with Gasteiger partial charge in [-0.2, -0.15) is 0 Å². The Bertz CT molecular complexity index is 1110. The Balaban J connectivity index is 1.43. The van der Waals surface area contributed by atoms with Gasteiger partial charge < -0.3 is 10.4 Å². The lowest BCUT2D eigenvalue weighted by Crippen LogP contribution is -2.47. The largest absolute Gasteiger partial charge is 0.386 e. The van der Waals surface area contributed by atoms with Gasteiger partial charge in [0, 0.05) is 6.54 Å². The molecule has 3 aromatic rings. The Morgan fingerprint density at radius 2 is 1.79 bits per heavy atom. The van der Waals surface area contributed by atoms with Gasteiger partial charge in [0.1, 0.15) is 17.2 Å². The van der Waals surface area contributed by atoms with Crippen molar-refractivity contribution in [1.29, 1.82) is 0 Å². The van der Waals surface area contributed by atoms with Crippen LogP contribution < -0.4 is 5.32 Å². The number of likely N-dealkylation sites (N-methyl/N-ethyl adjacent to an activating group) is 1. The zero-order chi connectivity index (χ0) is 23.8. The monoisotopic (exact) mass is 489 g/mol. The standard InChI is InChI=1S/C24H31N3O4S2/c1-27(2)20(17-33(30,31)16-18-10-4-3-5-11-18)23(29)25-15-9-8-13-21(28)24-26-19-12-6-7-14-22(19)32-24/h3-7,10-12,14,20-21,28H,8-9,13,15-17H2,1-2H3,(H,25,29)/t20?,21-/m1/s1. The number of hydrogen-bond donors (Lipinski definition) is 2. The number of para-hydroxylation sites is 1. The summed E-state index contributed by atoms with van der Waals surface area (Å²) >= 11 is 1.49. The molecule has 0 aliphatic carbocycles. The second-order valence-corrected chi connectivity index (χ2v) is 11.5. The highest BCUT2D eigenvalue weighted by Crippen LogP contribution is 2.28. The van der Waals surface area contributed by atoms with Crippen LogP contribution in [0.3, 0.4) is 0 Å². The first-order valence-electron chi connectivity index (χ1n) is 11.0. The van der Waals surface area contributed by atoms with Gasteiger partial charge in [-0.15, -0.1) is 11.3 Å². The van der Waals surface area contributed by atoms with Crippen molar-refractivity contribution in [2.45, 2.75) is 37.2 Å². The molecule has 0 fully saturated rings. The van der Waals surface area contributed by atoms with Crippen LogP contribution in [0.15, 0.2) is 54.6 Å². The molecule has 9 heteroatoms. The van der Waals surface area contributed by atoms with Crippen molar-refractivity contribution >= 4 is 37.3 Å². The van der Waals surface area contributed by atoms with Crippen LogP contribution in [0.1, 0.15) is 35.9 Å². The molecule has 0 aliphatic rings. The van der Waals surface area contributed by atoms with Crippen LogP contribution in [-0.4, -0.2) is 61.8 Å². The summed E-state index contributed by atoms with van der Waals surface area (Å²) in [4.78, 5) is 18.8. The number of nitrogens with zero attached hydrogens (tertiary/aromatic N) is 2. The maximum Gasteiger partial charge on any atom is 0.238 e. The lowest BCUT2D eigenvalue weighted by atomic mass is 10.1. The minimum atomic E-state index is -3.45. The Morgan fingerprint density at radius 1 is 1.09 bits per heavy atom. The summed E-state index contributed by atoms with van der Waals surface area (Å²) in [6, 6.07) is 16.0. The molecule has 7 nitrogen and oxygen atoms in total. The van der Waals surface area contributed by atoms with Gasteiger partial charge >= 0.3 is 0 Å². The molecule has 1 heterocycles. The van der Waals surface area contributed by atoms with Gasteiger partial charge in [0.05, 0.1) is 21.7 Å². The summed E-state index contributed by atoms with van der Waals surface area (Å²) < 4.78 is 26.3. The van der Waals surface area contributed by atoms with E-state index in [-0.39, 0.29) is 17.4 Å². The van der Waals surface area contributed by atoms with Gasteiger partial charge in [0.15, 0.2) is 9.84 Å². The van der Waals surface area contributed by atoms with Gasteiger partial charge in [0.2, 0.25) is 5.91 Å². The number of amides is 1. The van der Waals surface area contributed by atoms with Crippen LogP contribution >= 0.6 is 11.3 Å². The van der Waals surface area contributed by atoms with Crippen molar-refractivity contribution in [2.24, 2.45) is 0 Å². The number of hydrogen-bond acceptors (Lipinski definition) is 7. The topological polar surface area (TPSA) is 99.6 Å². The maximum atomic E-state index is 12.7. The predicted molar refractivity (Wildman–Crippen MR) is 133 cm³/mol. The van der Waals surface area contributed by atoms with E-state index >= 15 is 0 Å². The van der Waals surface area contributed by atoms with Crippen LogP contribution in [0.25, 0.3) is 10.2 Å². The second kappa shape index (κ2) is 11.7. The molecule has 1 unspecified atom stereocenters. The van der Waals surface area contributed by atoms with Crippen molar-refractivity contribution in [1.82, 2.24) is 15.2 Å². The van der Waals surface area contributed by atoms with E-state index in [4.69, 9.17) is 0 Å². The fourth-order valence-electron chi connectivity index (χ4n) is 3.54. The molecule has 0 radical (unpaired) electrons. The zero-order valence-electron chi connectivity index (χ0n) is 19.0. The van der Waals surface area contributed by atoms with Crippen LogP contribution in [0.4, 0.5) is 0 Å². The molecule has 178 valence electrons. The average molecular weight is 490 g/mol. The van der Waals surface area contributed by atoms with Gasteiger partial charge in [-0.1, -0.05) is 42.5 Å². The first kappa shape index (κ1) is 25.3. The van der Waals surface area contributed by atoms with E-state index in [1.807, 2.05) is 30.3 Å². The highest BCUT2D eigenvalue weighted by atomic mass is 32.2. The third-order valence-corrected chi connectivity index (χ3v) is 8.10. The first-order valence-corrected chi connectivity index (χ1v) is 13.6. The first-order chi connectivity index (χ1) is 15.7. The van der Waals surface area contributed by atoms with Gasteiger partial charge in [-0.3, -0.25) is 9.69 Å². The van der Waals surface area contributed by atoms with Crippen LogP contribution in [0.2, 0.25) is 0 Å². The zero-order valence-corrected chi connectivity index (χ0v) is 20.6. The molecular weight excluding hydrogens is 458 g/mol. The molecule has 2 atom stereocenters. The molecule has 33 heavy (non-hydrogen) atoms. The van der Waals surface area contributed by atoms with Crippen LogP contribution in [0.5, 0.6) is 0 Å². The number of rotatable bonds is 12. The fraction of sp³-hybridized carbons (Fsp3) is 0.417. The smallest absolute Gasteiger partial charge is 0.238 e. The van der Waals surface area contributed by atoms with Gasteiger partial charge in [-0.25, -0.2) is 13.4 Å².